The lowest BCUT2D eigenvalue weighted by molar-refractivity contribution is 0.453. The Morgan fingerprint density at radius 2 is 1.27 bits per heavy atom. The highest BCUT2D eigenvalue weighted by Crippen LogP contribution is 2.39. The summed E-state index contributed by atoms with van der Waals surface area (Å²) in [5, 5.41) is 19.4. The summed E-state index contributed by atoms with van der Waals surface area (Å²) in [6.45, 7) is 0. The summed E-state index contributed by atoms with van der Waals surface area (Å²) in [4.78, 5) is -0.666. The lowest BCUT2D eigenvalue weighted by Crippen LogP contribution is -2.22. The first kappa shape index (κ1) is 16.3. The number of phenolic OH excluding ortho intramolecular Hbond substituents is 2. The molecule has 0 aromatic heterocycles. The van der Waals surface area contributed by atoms with Crippen LogP contribution in [0.4, 0.5) is 0 Å². The first-order valence-electron chi connectivity index (χ1n) is 5.92. The maximum Gasteiger partial charge on any atom is 0.287 e. The zero-order valence-electron chi connectivity index (χ0n) is 11.0. The number of phenols is 2. The second-order valence-corrected chi connectivity index (χ2v) is 8.22. The third-order valence-electron chi connectivity index (χ3n) is 2.91. The highest BCUT2D eigenvalue weighted by Gasteiger charge is 2.42. The average molecular weight is 344 g/mol. The Morgan fingerprint density at radius 1 is 0.773 bits per heavy atom. The van der Waals surface area contributed by atoms with Crippen molar-refractivity contribution in [2.24, 2.45) is 0 Å². The van der Waals surface area contributed by atoms with Crippen LogP contribution in [0.5, 0.6) is 11.5 Å². The highest BCUT2D eigenvalue weighted by atomic mass is 32.3. The smallest absolute Gasteiger partial charge is 0.287 e. The molecule has 9 heteroatoms. The number of sulfone groups is 1. The van der Waals surface area contributed by atoms with Crippen LogP contribution in [-0.4, -0.2) is 31.6 Å². The predicted molar refractivity (Wildman–Crippen MR) is 77.7 cm³/mol. The van der Waals surface area contributed by atoms with Crippen molar-refractivity contribution in [2.75, 3.05) is 0 Å². The van der Waals surface area contributed by atoms with E-state index in [0.29, 0.717) is 0 Å². The topological polar surface area (TPSA) is 129 Å². The molecule has 0 fully saturated rings. The molecule has 0 saturated carbocycles. The molecule has 0 radical (unpaired) electrons. The molecule has 118 valence electrons. The van der Waals surface area contributed by atoms with E-state index in [-0.39, 0.29) is 0 Å². The van der Waals surface area contributed by atoms with Crippen molar-refractivity contribution >= 4 is 20.0 Å². The third-order valence-corrected chi connectivity index (χ3v) is 6.98. The lowest BCUT2D eigenvalue weighted by Gasteiger charge is -2.17. The molecule has 0 amide bonds. The van der Waals surface area contributed by atoms with Crippen LogP contribution in [0.25, 0.3) is 0 Å². The number of aromatic hydroxyl groups is 2. The summed E-state index contributed by atoms with van der Waals surface area (Å²) >= 11 is 0. The van der Waals surface area contributed by atoms with Gasteiger partial charge in [0.15, 0.2) is 0 Å². The van der Waals surface area contributed by atoms with Gasteiger partial charge in [-0.2, -0.15) is 8.42 Å². The largest absolute Gasteiger partial charge is 0.508 e. The average Bonchev–Trinajstić information content (AvgIpc) is 2.40. The number of rotatable bonds is 4. The van der Waals surface area contributed by atoms with Crippen LogP contribution in [0.1, 0.15) is 10.1 Å². The normalized spacial score (nSPS) is 13.7. The summed E-state index contributed by atoms with van der Waals surface area (Å²) < 4.78 is 55.2. The Bertz CT molecular complexity index is 901. The number of hydrogen-bond acceptors (Lipinski definition) is 6. The fraction of sp³-hybridized carbons (Fsp3) is 0.0769. The van der Waals surface area contributed by atoms with E-state index in [0.717, 1.165) is 24.3 Å². The zero-order valence-corrected chi connectivity index (χ0v) is 12.6. The maximum absolute atomic E-state index is 12.5. The Morgan fingerprint density at radius 3 is 1.77 bits per heavy atom. The molecule has 22 heavy (non-hydrogen) atoms. The summed E-state index contributed by atoms with van der Waals surface area (Å²) in [6, 6.07) is 9.55. The molecule has 1 unspecified atom stereocenters. The van der Waals surface area contributed by atoms with Crippen molar-refractivity contribution in [2.45, 2.75) is 9.48 Å². The summed E-state index contributed by atoms with van der Waals surface area (Å²) in [7, 11) is -9.84. The molecule has 0 aliphatic rings. The van der Waals surface area contributed by atoms with Gasteiger partial charge in [0.25, 0.3) is 10.1 Å². The monoisotopic (exact) mass is 344 g/mol. The van der Waals surface area contributed by atoms with Gasteiger partial charge < -0.3 is 10.2 Å². The van der Waals surface area contributed by atoms with Crippen LogP contribution in [0.15, 0.2) is 53.4 Å². The predicted octanol–water partition coefficient (Wildman–Crippen LogP) is 1.46. The number of para-hydroxylation sites is 2. The molecular weight excluding hydrogens is 332 g/mol. The molecule has 0 heterocycles. The van der Waals surface area contributed by atoms with Crippen molar-refractivity contribution in [3.05, 3.63) is 54.1 Å². The van der Waals surface area contributed by atoms with Crippen molar-refractivity contribution < 1.29 is 31.6 Å². The second kappa shape index (κ2) is 5.59. The molecule has 7 nitrogen and oxygen atoms in total. The van der Waals surface area contributed by atoms with E-state index >= 15 is 0 Å². The first-order valence-corrected chi connectivity index (χ1v) is 8.96. The van der Waals surface area contributed by atoms with E-state index in [2.05, 4.69) is 0 Å². The van der Waals surface area contributed by atoms with Gasteiger partial charge in [-0.15, -0.1) is 0 Å². The molecular formula is C13H12O7S2. The fourth-order valence-electron chi connectivity index (χ4n) is 1.99. The Hall–Kier alpha value is -2.10. The standard InChI is InChI=1S/C13H12O7S2/c14-10-6-2-1-5-9(10)13(22(18,19)20)21(16,17)12-8-4-3-7-11(12)15/h1-8,13-15H,(H,18,19,20). The van der Waals surface area contributed by atoms with Crippen LogP contribution in [0.2, 0.25) is 0 Å². The maximum atomic E-state index is 12.5. The lowest BCUT2D eigenvalue weighted by atomic mass is 10.2. The third kappa shape index (κ3) is 2.91. The summed E-state index contributed by atoms with van der Waals surface area (Å²) in [6.07, 6.45) is 0. The van der Waals surface area contributed by atoms with Gasteiger partial charge >= 0.3 is 0 Å². The molecule has 0 aliphatic carbocycles. The highest BCUT2D eigenvalue weighted by molar-refractivity contribution is 8.06. The molecule has 0 aliphatic heterocycles. The molecule has 2 aromatic carbocycles. The molecule has 0 saturated heterocycles. The van der Waals surface area contributed by atoms with Crippen LogP contribution < -0.4 is 0 Å². The van der Waals surface area contributed by atoms with E-state index in [1.807, 2.05) is 0 Å². The molecule has 0 spiro atoms. The molecule has 1 atom stereocenters. The SMILES string of the molecule is O=S(=O)(O)C(c1ccccc1O)S(=O)(=O)c1ccccc1O. The first-order chi connectivity index (χ1) is 10.2. The van der Waals surface area contributed by atoms with Crippen molar-refractivity contribution in [3.8, 4) is 11.5 Å². The van der Waals surface area contributed by atoms with E-state index in [1.54, 1.807) is 0 Å². The second-order valence-electron chi connectivity index (χ2n) is 4.42. The van der Waals surface area contributed by atoms with Crippen LogP contribution >= 0.6 is 0 Å². The van der Waals surface area contributed by atoms with E-state index in [1.165, 1.54) is 24.3 Å². The minimum atomic E-state index is -5.12. The quantitative estimate of drug-likeness (QED) is 0.716. The van der Waals surface area contributed by atoms with Crippen LogP contribution in [0, 0.1) is 0 Å². The molecule has 3 N–H and O–H groups in total. The van der Waals surface area contributed by atoms with Gasteiger partial charge in [-0.1, -0.05) is 30.3 Å². The minimum absolute atomic E-state index is 0.506. The van der Waals surface area contributed by atoms with Gasteiger partial charge in [-0.05, 0) is 18.2 Å². The van der Waals surface area contributed by atoms with Gasteiger partial charge in [-0.3, -0.25) is 4.55 Å². The van der Waals surface area contributed by atoms with Gasteiger partial charge in [0.1, 0.15) is 16.4 Å². The molecule has 0 bridgehead atoms. The van der Waals surface area contributed by atoms with Crippen molar-refractivity contribution in [3.63, 3.8) is 0 Å². The van der Waals surface area contributed by atoms with E-state index in [4.69, 9.17) is 0 Å². The summed E-state index contributed by atoms with van der Waals surface area (Å²) in [5.41, 5.74) is -0.506. The zero-order chi connectivity index (χ0) is 16.5. The van der Waals surface area contributed by atoms with Gasteiger partial charge in [0.05, 0.1) is 0 Å². The van der Waals surface area contributed by atoms with E-state index in [9.17, 15) is 31.6 Å². The Labute approximate surface area is 127 Å². The minimum Gasteiger partial charge on any atom is -0.508 e. The van der Waals surface area contributed by atoms with E-state index < -0.39 is 46.5 Å². The van der Waals surface area contributed by atoms with Crippen LogP contribution in [0.3, 0.4) is 0 Å². The molecule has 2 aromatic rings. The van der Waals surface area contributed by atoms with Gasteiger partial charge in [0.2, 0.25) is 14.4 Å². The molecule has 2 rings (SSSR count). The van der Waals surface area contributed by atoms with Crippen LogP contribution in [-0.2, 0) is 20.0 Å². The van der Waals surface area contributed by atoms with Crippen molar-refractivity contribution in [1.82, 2.24) is 0 Å². The number of hydrogen-bond donors (Lipinski definition) is 3. The fourth-order valence-corrected chi connectivity index (χ4v) is 5.49. The van der Waals surface area contributed by atoms with Crippen molar-refractivity contribution in [1.29, 1.82) is 0 Å². The van der Waals surface area contributed by atoms with Gasteiger partial charge in [0, 0.05) is 5.56 Å². The summed E-state index contributed by atoms with van der Waals surface area (Å²) in [5.74, 6) is -1.27. The Balaban J connectivity index is 2.77. The number of benzene rings is 2. The Kier molecular flexibility index (Phi) is 4.14. The van der Waals surface area contributed by atoms with Gasteiger partial charge in [-0.25, -0.2) is 8.42 Å².